The fourth-order valence-electron chi connectivity index (χ4n) is 2.61. The molecular formula is C19H24N2O5S. The second kappa shape index (κ2) is 8.30. The number of benzene rings is 2. The van der Waals surface area contributed by atoms with Crippen LogP contribution in [0, 0.1) is 0 Å². The Kier molecular flexibility index (Phi) is 6.32. The molecule has 0 heterocycles. The number of hydrogen-bond acceptors (Lipinski definition) is 5. The van der Waals surface area contributed by atoms with Gasteiger partial charge in [-0.1, -0.05) is 13.8 Å². The van der Waals surface area contributed by atoms with Crippen LogP contribution in [0.3, 0.4) is 0 Å². The number of nitrogens with one attached hydrogen (secondary N) is 2. The SMILES string of the molecule is CNC(=O)c1ccc(OC)c(NS(=O)(=O)c2ccc(OC)c(C(C)C)c2)c1. The van der Waals surface area contributed by atoms with Gasteiger partial charge in [-0.05, 0) is 47.9 Å². The van der Waals surface area contributed by atoms with Crippen molar-refractivity contribution in [3.05, 3.63) is 47.5 Å². The predicted octanol–water partition coefficient (Wildman–Crippen LogP) is 2.99. The van der Waals surface area contributed by atoms with Crippen molar-refractivity contribution in [3.8, 4) is 11.5 Å². The van der Waals surface area contributed by atoms with Gasteiger partial charge in [0.15, 0.2) is 0 Å². The second-order valence-electron chi connectivity index (χ2n) is 6.16. The summed E-state index contributed by atoms with van der Waals surface area (Å²) < 4.78 is 38.8. The molecule has 2 rings (SSSR count). The highest BCUT2D eigenvalue weighted by Crippen LogP contribution is 2.31. The summed E-state index contributed by atoms with van der Waals surface area (Å²) >= 11 is 0. The zero-order valence-electron chi connectivity index (χ0n) is 16.0. The summed E-state index contributed by atoms with van der Waals surface area (Å²) in [7, 11) is 0.580. The zero-order chi connectivity index (χ0) is 20.2. The molecule has 0 aliphatic heterocycles. The Balaban J connectivity index is 2.47. The molecule has 0 aliphatic carbocycles. The van der Waals surface area contributed by atoms with Crippen molar-refractivity contribution in [1.82, 2.24) is 5.32 Å². The Bertz CT molecular complexity index is 939. The van der Waals surface area contributed by atoms with E-state index in [1.807, 2.05) is 13.8 Å². The van der Waals surface area contributed by atoms with E-state index in [-0.39, 0.29) is 22.4 Å². The molecule has 0 unspecified atom stereocenters. The molecule has 0 bridgehead atoms. The van der Waals surface area contributed by atoms with Crippen molar-refractivity contribution in [1.29, 1.82) is 0 Å². The molecule has 0 atom stereocenters. The highest BCUT2D eigenvalue weighted by Gasteiger charge is 2.20. The summed E-state index contributed by atoms with van der Waals surface area (Å²) in [4.78, 5) is 11.9. The summed E-state index contributed by atoms with van der Waals surface area (Å²) in [6, 6.07) is 9.21. The fraction of sp³-hybridized carbons (Fsp3) is 0.316. The van der Waals surface area contributed by atoms with Crippen molar-refractivity contribution in [3.63, 3.8) is 0 Å². The standard InChI is InChI=1S/C19H24N2O5S/c1-12(2)15-11-14(7-9-17(15)25-4)27(23,24)21-16-10-13(19(22)20-3)6-8-18(16)26-5/h6-12,21H,1-5H3,(H,20,22). The van der Waals surface area contributed by atoms with Crippen LogP contribution in [0.5, 0.6) is 11.5 Å². The van der Waals surface area contributed by atoms with Gasteiger partial charge in [0.2, 0.25) is 0 Å². The van der Waals surface area contributed by atoms with E-state index in [0.717, 1.165) is 5.56 Å². The zero-order valence-corrected chi connectivity index (χ0v) is 16.8. The van der Waals surface area contributed by atoms with E-state index in [4.69, 9.17) is 9.47 Å². The molecule has 2 N–H and O–H groups in total. The van der Waals surface area contributed by atoms with Crippen molar-refractivity contribution in [2.24, 2.45) is 0 Å². The van der Waals surface area contributed by atoms with Crippen molar-refractivity contribution in [2.75, 3.05) is 26.0 Å². The van der Waals surface area contributed by atoms with E-state index < -0.39 is 10.0 Å². The summed E-state index contributed by atoms with van der Waals surface area (Å²) in [5.74, 6) is 0.692. The number of methoxy groups -OCH3 is 2. The van der Waals surface area contributed by atoms with Crippen LogP contribution in [0.2, 0.25) is 0 Å². The van der Waals surface area contributed by atoms with Crippen LogP contribution in [0.4, 0.5) is 5.69 Å². The molecule has 2 aromatic carbocycles. The van der Waals surface area contributed by atoms with Crippen LogP contribution in [0.15, 0.2) is 41.3 Å². The molecular weight excluding hydrogens is 368 g/mol. The van der Waals surface area contributed by atoms with Gasteiger partial charge in [0.05, 0.1) is 24.8 Å². The van der Waals surface area contributed by atoms with Crippen LogP contribution in [-0.4, -0.2) is 35.6 Å². The van der Waals surface area contributed by atoms with Crippen LogP contribution in [-0.2, 0) is 10.0 Å². The Hall–Kier alpha value is -2.74. The highest BCUT2D eigenvalue weighted by molar-refractivity contribution is 7.92. The van der Waals surface area contributed by atoms with Crippen LogP contribution >= 0.6 is 0 Å². The molecule has 27 heavy (non-hydrogen) atoms. The first-order valence-electron chi connectivity index (χ1n) is 8.34. The number of sulfonamides is 1. The predicted molar refractivity (Wildman–Crippen MR) is 104 cm³/mol. The average molecular weight is 392 g/mol. The lowest BCUT2D eigenvalue weighted by atomic mass is 10.0. The first kappa shape index (κ1) is 20.6. The molecule has 2 aromatic rings. The molecule has 8 heteroatoms. The molecule has 0 aromatic heterocycles. The van der Waals surface area contributed by atoms with E-state index in [0.29, 0.717) is 17.1 Å². The maximum Gasteiger partial charge on any atom is 0.262 e. The van der Waals surface area contributed by atoms with Gasteiger partial charge >= 0.3 is 0 Å². The summed E-state index contributed by atoms with van der Waals surface area (Å²) in [5.41, 5.74) is 1.28. The molecule has 0 spiro atoms. The second-order valence-corrected chi connectivity index (χ2v) is 7.84. The minimum Gasteiger partial charge on any atom is -0.496 e. The lowest BCUT2D eigenvalue weighted by Crippen LogP contribution is -2.19. The van der Waals surface area contributed by atoms with Crippen molar-refractivity contribution in [2.45, 2.75) is 24.7 Å². The van der Waals surface area contributed by atoms with Gasteiger partial charge in [0, 0.05) is 12.6 Å². The molecule has 0 saturated heterocycles. The molecule has 146 valence electrons. The van der Waals surface area contributed by atoms with Crippen LogP contribution in [0.1, 0.15) is 35.7 Å². The highest BCUT2D eigenvalue weighted by atomic mass is 32.2. The molecule has 0 aliphatic rings. The smallest absolute Gasteiger partial charge is 0.262 e. The number of carbonyl (C=O) groups excluding carboxylic acids is 1. The minimum absolute atomic E-state index is 0.0845. The van der Waals surface area contributed by atoms with Gasteiger partial charge in [-0.25, -0.2) is 8.42 Å². The molecule has 7 nitrogen and oxygen atoms in total. The van der Waals surface area contributed by atoms with Crippen molar-refractivity contribution < 1.29 is 22.7 Å². The summed E-state index contributed by atoms with van der Waals surface area (Å²) in [6.45, 7) is 3.91. The van der Waals surface area contributed by atoms with Gasteiger partial charge in [-0.15, -0.1) is 0 Å². The quantitative estimate of drug-likeness (QED) is 0.755. The average Bonchev–Trinajstić information content (AvgIpc) is 2.66. The number of carbonyl (C=O) groups is 1. The Morgan fingerprint density at radius 1 is 1.00 bits per heavy atom. The Labute approximate surface area is 159 Å². The number of rotatable bonds is 7. The van der Waals surface area contributed by atoms with E-state index in [1.54, 1.807) is 25.3 Å². The topological polar surface area (TPSA) is 93.7 Å². The Morgan fingerprint density at radius 2 is 1.63 bits per heavy atom. The number of anilines is 1. The van der Waals surface area contributed by atoms with Gasteiger partial charge in [0.25, 0.3) is 15.9 Å². The normalized spacial score (nSPS) is 11.2. The van der Waals surface area contributed by atoms with Crippen molar-refractivity contribution >= 4 is 21.6 Å². The Morgan fingerprint density at radius 3 is 2.19 bits per heavy atom. The van der Waals surface area contributed by atoms with Gasteiger partial charge in [-0.2, -0.15) is 0 Å². The van der Waals surface area contributed by atoms with E-state index in [1.165, 1.54) is 32.4 Å². The maximum absolute atomic E-state index is 12.9. The lowest BCUT2D eigenvalue weighted by Gasteiger charge is -2.16. The van der Waals surface area contributed by atoms with Gasteiger partial charge in [-0.3, -0.25) is 9.52 Å². The maximum atomic E-state index is 12.9. The van der Waals surface area contributed by atoms with Gasteiger partial charge in [0.1, 0.15) is 11.5 Å². The first-order chi connectivity index (χ1) is 12.7. The lowest BCUT2D eigenvalue weighted by molar-refractivity contribution is 0.0963. The third-order valence-corrected chi connectivity index (χ3v) is 5.43. The first-order valence-corrected chi connectivity index (χ1v) is 9.82. The molecule has 0 saturated carbocycles. The molecule has 1 amide bonds. The largest absolute Gasteiger partial charge is 0.496 e. The third kappa shape index (κ3) is 4.51. The number of ether oxygens (including phenoxy) is 2. The number of hydrogen-bond donors (Lipinski definition) is 2. The van der Waals surface area contributed by atoms with Crippen LogP contribution < -0.4 is 19.5 Å². The monoisotopic (exact) mass is 392 g/mol. The summed E-state index contributed by atoms with van der Waals surface area (Å²) in [6.07, 6.45) is 0. The number of amides is 1. The minimum atomic E-state index is -3.89. The van der Waals surface area contributed by atoms with Gasteiger partial charge < -0.3 is 14.8 Å². The molecule has 0 radical (unpaired) electrons. The fourth-order valence-corrected chi connectivity index (χ4v) is 3.70. The molecule has 0 fully saturated rings. The van der Waals surface area contributed by atoms with Crippen LogP contribution in [0.25, 0.3) is 0 Å². The third-order valence-electron chi connectivity index (χ3n) is 4.07. The van der Waals surface area contributed by atoms with E-state index >= 15 is 0 Å². The summed E-state index contributed by atoms with van der Waals surface area (Å²) in [5, 5.41) is 2.50. The van der Waals surface area contributed by atoms with E-state index in [9.17, 15) is 13.2 Å². The van der Waals surface area contributed by atoms with E-state index in [2.05, 4.69) is 10.0 Å².